The van der Waals surface area contributed by atoms with Gasteiger partial charge in [-0.15, -0.1) is 0 Å². The Bertz CT molecular complexity index is 643. The molecule has 0 fully saturated rings. The molecule has 5 nitrogen and oxygen atoms in total. The van der Waals surface area contributed by atoms with Crippen LogP contribution in [0.3, 0.4) is 0 Å². The van der Waals surface area contributed by atoms with Gasteiger partial charge in [-0.05, 0) is 12.1 Å². The summed E-state index contributed by atoms with van der Waals surface area (Å²) in [6.45, 7) is 0. The number of H-pyrrole nitrogens is 2. The van der Waals surface area contributed by atoms with E-state index in [1.807, 2.05) is 0 Å². The molecule has 3 aromatic rings. The van der Waals surface area contributed by atoms with Crippen LogP contribution >= 0.6 is 0 Å². The zero-order chi connectivity index (χ0) is 11.1. The molecule has 80 valence electrons. The third-order valence-corrected chi connectivity index (χ3v) is 2.20. The summed E-state index contributed by atoms with van der Waals surface area (Å²) in [5.41, 5.74) is 0.811. The zero-order valence-corrected chi connectivity index (χ0v) is 7.83. The van der Waals surface area contributed by atoms with E-state index in [1.165, 1.54) is 12.3 Å². The van der Waals surface area contributed by atoms with Gasteiger partial charge in [0.05, 0.1) is 11.7 Å². The van der Waals surface area contributed by atoms with E-state index < -0.39 is 11.6 Å². The topological polar surface area (TPSA) is 70.2 Å². The van der Waals surface area contributed by atoms with Crippen LogP contribution in [-0.2, 0) is 0 Å². The van der Waals surface area contributed by atoms with E-state index in [4.69, 9.17) is 0 Å². The summed E-state index contributed by atoms with van der Waals surface area (Å²) in [5, 5.41) is 9.80. The quantitative estimate of drug-likeness (QED) is 0.656. The number of hydrogen-bond donors (Lipinski definition) is 2. The van der Waals surface area contributed by atoms with E-state index in [1.54, 1.807) is 0 Å². The second kappa shape index (κ2) is 3.09. The van der Waals surface area contributed by atoms with Crippen LogP contribution < -0.4 is 0 Å². The molecule has 0 unspecified atom stereocenters. The molecule has 0 aliphatic rings. The van der Waals surface area contributed by atoms with Gasteiger partial charge < -0.3 is 4.98 Å². The van der Waals surface area contributed by atoms with Crippen molar-refractivity contribution in [3.05, 3.63) is 30.0 Å². The lowest BCUT2D eigenvalue weighted by Crippen LogP contribution is -1.84. The standard InChI is InChI=1S/C9H5F2N5/c10-4-1-2-5-8(7(4)11)14-9(13-5)6-3-12-16-15-6/h1-3H,(H,13,14)(H,12,15,16). The summed E-state index contributed by atoms with van der Waals surface area (Å²) in [6.07, 6.45) is 1.44. The Morgan fingerprint density at radius 3 is 2.81 bits per heavy atom. The molecular formula is C9H5F2N5. The minimum absolute atomic E-state index is 0.0435. The molecule has 2 aromatic heterocycles. The van der Waals surface area contributed by atoms with Gasteiger partial charge >= 0.3 is 0 Å². The number of nitrogens with one attached hydrogen (secondary N) is 2. The second-order valence-corrected chi connectivity index (χ2v) is 3.20. The molecule has 0 spiro atoms. The first kappa shape index (κ1) is 8.96. The maximum atomic E-state index is 13.4. The lowest BCUT2D eigenvalue weighted by atomic mass is 10.3. The summed E-state index contributed by atoms with van der Waals surface area (Å²) in [7, 11) is 0. The van der Waals surface area contributed by atoms with Gasteiger partial charge in [-0.2, -0.15) is 15.4 Å². The summed E-state index contributed by atoms with van der Waals surface area (Å²) < 4.78 is 26.3. The van der Waals surface area contributed by atoms with E-state index in [2.05, 4.69) is 25.4 Å². The number of imidazole rings is 1. The first-order chi connectivity index (χ1) is 7.75. The van der Waals surface area contributed by atoms with Crippen LogP contribution in [0.5, 0.6) is 0 Å². The average molecular weight is 221 g/mol. The molecule has 0 radical (unpaired) electrons. The van der Waals surface area contributed by atoms with Crippen LogP contribution in [0.2, 0.25) is 0 Å². The van der Waals surface area contributed by atoms with Gasteiger partial charge in [0.1, 0.15) is 11.2 Å². The van der Waals surface area contributed by atoms with Crippen molar-refractivity contribution >= 4 is 11.0 Å². The highest BCUT2D eigenvalue weighted by Gasteiger charge is 2.13. The number of benzene rings is 1. The second-order valence-electron chi connectivity index (χ2n) is 3.20. The molecule has 1 aromatic carbocycles. The predicted octanol–water partition coefficient (Wildman–Crippen LogP) is 1.63. The number of aromatic nitrogens is 5. The number of nitrogens with zero attached hydrogens (tertiary/aromatic N) is 3. The van der Waals surface area contributed by atoms with Gasteiger partial charge in [0.25, 0.3) is 0 Å². The first-order valence-electron chi connectivity index (χ1n) is 4.45. The van der Waals surface area contributed by atoms with Crippen molar-refractivity contribution in [2.24, 2.45) is 0 Å². The first-order valence-corrected chi connectivity index (χ1v) is 4.45. The zero-order valence-electron chi connectivity index (χ0n) is 7.83. The van der Waals surface area contributed by atoms with Crippen LogP contribution in [0.15, 0.2) is 18.3 Å². The third kappa shape index (κ3) is 1.18. The van der Waals surface area contributed by atoms with Crippen LogP contribution in [-0.4, -0.2) is 25.4 Å². The van der Waals surface area contributed by atoms with Gasteiger partial charge in [-0.1, -0.05) is 0 Å². The SMILES string of the molecule is Fc1ccc2[nH]c(-c3cn[nH]n3)nc2c1F. The highest BCUT2D eigenvalue weighted by Crippen LogP contribution is 2.21. The van der Waals surface area contributed by atoms with E-state index >= 15 is 0 Å². The Labute approximate surface area is 87.5 Å². The predicted molar refractivity (Wildman–Crippen MR) is 51.4 cm³/mol. The summed E-state index contributed by atoms with van der Waals surface area (Å²) in [5.74, 6) is -1.55. The lowest BCUT2D eigenvalue weighted by molar-refractivity contribution is 0.515. The van der Waals surface area contributed by atoms with Crippen molar-refractivity contribution in [2.75, 3.05) is 0 Å². The maximum absolute atomic E-state index is 13.4. The molecule has 16 heavy (non-hydrogen) atoms. The Morgan fingerprint density at radius 2 is 2.06 bits per heavy atom. The molecular weight excluding hydrogens is 216 g/mol. The fourth-order valence-corrected chi connectivity index (χ4v) is 1.45. The van der Waals surface area contributed by atoms with E-state index in [0.29, 0.717) is 17.0 Å². The smallest absolute Gasteiger partial charge is 0.186 e. The number of aromatic amines is 2. The normalized spacial score (nSPS) is 11.1. The molecule has 7 heteroatoms. The van der Waals surface area contributed by atoms with Crippen LogP contribution in [0.25, 0.3) is 22.6 Å². The van der Waals surface area contributed by atoms with Crippen molar-refractivity contribution in [1.29, 1.82) is 0 Å². The molecule has 0 saturated heterocycles. The van der Waals surface area contributed by atoms with Gasteiger partial charge in [0, 0.05) is 0 Å². The molecule has 2 N–H and O–H groups in total. The Balaban J connectivity index is 2.28. The van der Waals surface area contributed by atoms with E-state index in [0.717, 1.165) is 6.07 Å². The monoisotopic (exact) mass is 221 g/mol. The van der Waals surface area contributed by atoms with E-state index in [-0.39, 0.29) is 5.52 Å². The highest BCUT2D eigenvalue weighted by atomic mass is 19.2. The van der Waals surface area contributed by atoms with Crippen molar-refractivity contribution in [3.8, 4) is 11.5 Å². The Hall–Kier alpha value is -2.31. The molecule has 0 atom stereocenters. The number of halogens is 2. The average Bonchev–Trinajstić information content (AvgIpc) is 2.91. The summed E-state index contributed by atoms with van der Waals surface area (Å²) >= 11 is 0. The van der Waals surface area contributed by atoms with Crippen LogP contribution in [0.4, 0.5) is 8.78 Å². The summed E-state index contributed by atoms with van der Waals surface area (Å²) in [4.78, 5) is 6.75. The molecule has 0 saturated carbocycles. The minimum Gasteiger partial charge on any atom is -0.336 e. The van der Waals surface area contributed by atoms with Crippen LogP contribution in [0, 0.1) is 11.6 Å². The minimum atomic E-state index is -0.969. The number of rotatable bonds is 1. The fraction of sp³-hybridized carbons (Fsp3) is 0. The Morgan fingerprint density at radius 1 is 1.19 bits per heavy atom. The van der Waals surface area contributed by atoms with Crippen LogP contribution in [0.1, 0.15) is 0 Å². The molecule has 0 aliphatic carbocycles. The Kier molecular flexibility index (Phi) is 1.73. The molecule has 0 aliphatic heterocycles. The van der Waals surface area contributed by atoms with Crippen molar-refractivity contribution in [3.63, 3.8) is 0 Å². The molecule has 0 amide bonds. The largest absolute Gasteiger partial charge is 0.336 e. The van der Waals surface area contributed by atoms with E-state index in [9.17, 15) is 8.78 Å². The third-order valence-electron chi connectivity index (χ3n) is 2.20. The van der Waals surface area contributed by atoms with Gasteiger partial charge in [0.2, 0.25) is 0 Å². The van der Waals surface area contributed by atoms with Gasteiger partial charge in [0.15, 0.2) is 17.5 Å². The summed E-state index contributed by atoms with van der Waals surface area (Å²) in [6, 6.07) is 2.47. The van der Waals surface area contributed by atoms with Gasteiger partial charge in [-0.25, -0.2) is 13.8 Å². The maximum Gasteiger partial charge on any atom is 0.186 e. The number of fused-ring (bicyclic) bond motifs is 1. The van der Waals surface area contributed by atoms with Crippen molar-refractivity contribution < 1.29 is 8.78 Å². The van der Waals surface area contributed by atoms with Crippen molar-refractivity contribution in [2.45, 2.75) is 0 Å². The number of hydrogen-bond acceptors (Lipinski definition) is 3. The van der Waals surface area contributed by atoms with Gasteiger partial charge in [-0.3, -0.25) is 0 Å². The molecule has 2 heterocycles. The fourth-order valence-electron chi connectivity index (χ4n) is 1.45. The van der Waals surface area contributed by atoms with Crippen molar-refractivity contribution in [1.82, 2.24) is 25.4 Å². The highest BCUT2D eigenvalue weighted by molar-refractivity contribution is 5.79. The molecule has 3 rings (SSSR count). The lowest BCUT2D eigenvalue weighted by Gasteiger charge is -1.91. The molecule has 0 bridgehead atoms.